The third-order valence-corrected chi connectivity index (χ3v) is 4.74. The number of carbonyl (C=O) groups is 1. The van der Waals surface area contributed by atoms with Gasteiger partial charge in [-0.3, -0.25) is 9.79 Å². The number of benzene rings is 1. The molecule has 7 nitrogen and oxygen atoms in total. The molecule has 0 aliphatic rings. The van der Waals surface area contributed by atoms with E-state index in [9.17, 15) is 18.0 Å². The van der Waals surface area contributed by atoms with E-state index in [4.69, 9.17) is 0 Å². The number of alkyl halides is 3. The quantitative estimate of drug-likeness (QED) is 0.258. The van der Waals surface area contributed by atoms with Gasteiger partial charge in [-0.2, -0.15) is 13.2 Å². The smallest absolute Gasteiger partial charge is 0.356 e. The van der Waals surface area contributed by atoms with Crippen LogP contribution >= 0.6 is 35.3 Å². The molecule has 0 fully saturated rings. The number of nitrogens with zero attached hydrogens (tertiary/aromatic N) is 3. The van der Waals surface area contributed by atoms with Gasteiger partial charge in [-0.15, -0.1) is 35.3 Å². The molecule has 1 aromatic carbocycles. The summed E-state index contributed by atoms with van der Waals surface area (Å²) in [6, 6.07) is 7.44. The van der Waals surface area contributed by atoms with Gasteiger partial charge in [0, 0.05) is 37.6 Å². The Morgan fingerprint density at radius 3 is 2.61 bits per heavy atom. The van der Waals surface area contributed by atoms with Crippen molar-refractivity contribution in [2.75, 3.05) is 39.5 Å². The Labute approximate surface area is 200 Å². The van der Waals surface area contributed by atoms with Crippen LogP contribution in [0.5, 0.6) is 0 Å². The lowest BCUT2D eigenvalue weighted by Gasteiger charge is -2.13. The number of halogens is 4. The maximum Gasteiger partial charge on any atom is 0.434 e. The van der Waals surface area contributed by atoms with Gasteiger partial charge < -0.3 is 20.9 Å². The number of hydrogen-bond donors (Lipinski definition) is 3. The summed E-state index contributed by atoms with van der Waals surface area (Å²) in [7, 11) is 5.25. The number of anilines is 1. The van der Waals surface area contributed by atoms with Crippen molar-refractivity contribution < 1.29 is 18.0 Å². The Morgan fingerprint density at radius 1 is 1.26 bits per heavy atom. The summed E-state index contributed by atoms with van der Waals surface area (Å²) < 4.78 is 37.8. The molecule has 1 amide bonds. The standard InChI is InChI=1S/C19H25F3N6OS.HI/c1-23-18(24-8-7-17-27-15(12-30-17)19(20,21)22)25-10-13-5-4-6-14(9-13)26-16(29)11-28(2)3;/h4-6,9,12H,7-8,10-11H2,1-3H3,(H,26,29)(H2,23,24,25);1H. The molecule has 0 aliphatic carbocycles. The van der Waals surface area contributed by atoms with Crippen molar-refractivity contribution in [3.05, 3.63) is 45.9 Å². The lowest BCUT2D eigenvalue weighted by Crippen LogP contribution is -2.37. The van der Waals surface area contributed by atoms with Crippen molar-refractivity contribution in [3.8, 4) is 0 Å². The predicted molar refractivity (Wildman–Crippen MR) is 128 cm³/mol. The van der Waals surface area contributed by atoms with E-state index < -0.39 is 11.9 Å². The first kappa shape index (κ1) is 27.1. The maximum atomic E-state index is 12.6. The van der Waals surface area contributed by atoms with Crippen molar-refractivity contribution in [2.45, 2.75) is 19.1 Å². The van der Waals surface area contributed by atoms with E-state index in [1.54, 1.807) is 11.9 Å². The third kappa shape index (κ3) is 9.82. The fourth-order valence-electron chi connectivity index (χ4n) is 2.50. The van der Waals surface area contributed by atoms with E-state index in [-0.39, 0.29) is 29.9 Å². The van der Waals surface area contributed by atoms with Crippen LogP contribution in [0.15, 0.2) is 34.6 Å². The van der Waals surface area contributed by atoms with Crippen molar-refractivity contribution in [1.82, 2.24) is 20.5 Å². The molecular formula is C19H26F3IN6OS. The van der Waals surface area contributed by atoms with Crippen LogP contribution in [0, 0.1) is 0 Å². The van der Waals surface area contributed by atoms with Crippen LogP contribution in [0.4, 0.5) is 18.9 Å². The highest BCUT2D eigenvalue weighted by Crippen LogP contribution is 2.29. The van der Waals surface area contributed by atoms with Gasteiger partial charge >= 0.3 is 6.18 Å². The summed E-state index contributed by atoms with van der Waals surface area (Å²) in [5.74, 6) is 0.420. The summed E-state index contributed by atoms with van der Waals surface area (Å²) in [6.07, 6.45) is -4.06. The highest BCUT2D eigenvalue weighted by atomic mass is 127. The van der Waals surface area contributed by atoms with Crippen LogP contribution in [0.1, 0.15) is 16.3 Å². The first-order valence-corrected chi connectivity index (χ1v) is 10.0. The Morgan fingerprint density at radius 2 is 2.00 bits per heavy atom. The summed E-state index contributed by atoms with van der Waals surface area (Å²) in [4.78, 5) is 21.4. The zero-order valence-corrected chi connectivity index (χ0v) is 20.6. The highest BCUT2D eigenvalue weighted by molar-refractivity contribution is 14.0. The molecule has 0 aliphatic heterocycles. The Bertz CT molecular complexity index is 872. The molecule has 0 saturated heterocycles. The molecule has 0 radical (unpaired) electrons. The molecule has 2 aromatic rings. The second kappa shape index (κ2) is 12.8. The number of rotatable bonds is 8. The topological polar surface area (TPSA) is 81.6 Å². The number of likely N-dealkylation sites (N-methyl/N-ethyl adjacent to an activating group) is 1. The van der Waals surface area contributed by atoms with Crippen molar-refractivity contribution in [2.24, 2.45) is 4.99 Å². The molecule has 31 heavy (non-hydrogen) atoms. The largest absolute Gasteiger partial charge is 0.434 e. The Hall–Kier alpha value is -1.93. The van der Waals surface area contributed by atoms with Crippen molar-refractivity contribution in [3.63, 3.8) is 0 Å². The van der Waals surface area contributed by atoms with Crippen LogP contribution in [-0.4, -0.2) is 56.0 Å². The van der Waals surface area contributed by atoms with Crippen molar-refractivity contribution >= 4 is 52.9 Å². The fourth-order valence-corrected chi connectivity index (χ4v) is 3.30. The first-order chi connectivity index (χ1) is 14.2. The molecule has 0 spiro atoms. The molecule has 0 atom stereocenters. The van der Waals surface area contributed by atoms with Crippen molar-refractivity contribution in [1.29, 1.82) is 0 Å². The molecule has 0 bridgehead atoms. The van der Waals surface area contributed by atoms with E-state index in [1.807, 2.05) is 38.4 Å². The lowest BCUT2D eigenvalue weighted by molar-refractivity contribution is -0.140. The summed E-state index contributed by atoms with van der Waals surface area (Å²) >= 11 is 0.987. The number of guanidine groups is 1. The van der Waals surface area contributed by atoms with Crippen LogP contribution < -0.4 is 16.0 Å². The normalized spacial score (nSPS) is 11.8. The second-order valence-corrected chi connectivity index (χ2v) is 7.66. The molecular weight excluding hydrogens is 544 g/mol. The summed E-state index contributed by atoms with van der Waals surface area (Å²) in [5.41, 5.74) is 0.784. The zero-order valence-electron chi connectivity index (χ0n) is 17.4. The highest BCUT2D eigenvalue weighted by Gasteiger charge is 2.33. The average molecular weight is 570 g/mol. The first-order valence-electron chi connectivity index (χ1n) is 9.17. The summed E-state index contributed by atoms with van der Waals surface area (Å²) in [5, 5.41) is 10.5. The van der Waals surface area contributed by atoms with E-state index in [0.717, 1.165) is 22.3 Å². The minimum atomic E-state index is -4.42. The van der Waals surface area contributed by atoms with Gasteiger partial charge in [-0.25, -0.2) is 4.98 Å². The molecule has 3 N–H and O–H groups in total. The van der Waals surface area contributed by atoms with Gasteiger partial charge in [0.05, 0.1) is 11.6 Å². The van der Waals surface area contributed by atoms with Crippen LogP contribution in [0.25, 0.3) is 0 Å². The molecule has 0 unspecified atom stereocenters. The third-order valence-electron chi connectivity index (χ3n) is 3.83. The predicted octanol–water partition coefficient (Wildman–Crippen LogP) is 3.19. The number of carbonyl (C=O) groups excluding carboxylic acids is 1. The van der Waals surface area contributed by atoms with E-state index in [0.29, 0.717) is 42.7 Å². The maximum absolute atomic E-state index is 12.6. The van der Waals surface area contributed by atoms with Gasteiger partial charge in [0.2, 0.25) is 5.91 Å². The molecule has 1 aromatic heterocycles. The minimum absolute atomic E-state index is 0. The number of nitrogens with one attached hydrogen (secondary N) is 3. The minimum Gasteiger partial charge on any atom is -0.356 e. The Kier molecular flexibility index (Phi) is 11.2. The van der Waals surface area contributed by atoms with E-state index >= 15 is 0 Å². The van der Waals surface area contributed by atoms with Crippen LogP contribution in [-0.2, 0) is 23.9 Å². The molecule has 2 rings (SSSR count). The second-order valence-electron chi connectivity index (χ2n) is 6.71. The molecule has 172 valence electrons. The molecule has 12 heteroatoms. The van der Waals surface area contributed by atoms with E-state index in [2.05, 4.69) is 25.9 Å². The monoisotopic (exact) mass is 570 g/mol. The lowest BCUT2D eigenvalue weighted by atomic mass is 10.2. The number of aromatic nitrogens is 1. The van der Waals surface area contributed by atoms with Crippen LogP contribution in [0.2, 0.25) is 0 Å². The Balaban J connectivity index is 0.00000480. The van der Waals surface area contributed by atoms with E-state index in [1.165, 1.54) is 0 Å². The van der Waals surface area contributed by atoms with Gasteiger partial charge in [0.25, 0.3) is 0 Å². The molecule has 1 heterocycles. The SMILES string of the molecule is CN=C(NCCc1nc(C(F)(F)F)cs1)NCc1cccc(NC(=O)CN(C)C)c1.I. The number of aliphatic imine (C=N–C) groups is 1. The zero-order chi connectivity index (χ0) is 22.1. The van der Waals surface area contributed by atoms with Gasteiger partial charge in [0.1, 0.15) is 0 Å². The number of amides is 1. The van der Waals surface area contributed by atoms with Crippen LogP contribution in [0.3, 0.4) is 0 Å². The fraction of sp³-hybridized carbons (Fsp3) is 0.421. The van der Waals surface area contributed by atoms with Gasteiger partial charge in [0.15, 0.2) is 11.7 Å². The van der Waals surface area contributed by atoms with Gasteiger partial charge in [-0.1, -0.05) is 12.1 Å². The molecule has 0 saturated carbocycles. The summed E-state index contributed by atoms with van der Waals surface area (Å²) in [6.45, 7) is 1.15. The average Bonchev–Trinajstić information content (AvgIpc) is 3.13. The van der Waals surface area contributed by atoms with Gasteiger partial charge in [-0.05, 0) is 31.8 Å². The number of hydrogen-bond acceptors (Lipinski definition) is 5. The number of thiazole rings is 1.